The maximum atomic E-state index is 4.48. The van der Waals surface area contributed by atoms with Crippen LogP contribution in [-0.4, -0.2) is 33.3 Å². The highest BCUT2D eigenvalue weighted by molar-refractivity contribution is 5.80. The van der Waals surface area contributed by atoms with Crippen LogP contribution in [0.25, 0.3) is 0 Å². The molecule has 0 radical (unpaired) electrons. The standard InChI is InChI=1S/C12H22N6/c1-5-7-13-12(16-10(3)4)14-8-11-17-15-9-18(11)6-2/h5,9-10H,1,6-8H2,2-4H3,(H2,13,14,16). The number of hydrogen-bond donors (Lipinski definition) is 2. The maximum Gasteiger partial charge on any atom is 0.192 e. The first-order valence-electron chi connectivity index (χ1n) is 6.19. The van der Waals surface area contributed by atoms with Gasteiger partial charge in [-0.2, -0.15) is 0 Å². The van der Waals surface area contributed by atoms with Crippen molar-refractivity contribution in [3.63, 3.8) is 0 Å². The first kappa shape index (κ1) is 14.2. The molecule has 0 bridgehead atoms. The van der Waals surface area contributed by atoms with Gasteiger partial charge in [0.2, 0.25) is 0 Å². The third-order valence-corrected chi connectivity index (χ3v) is 2.25. The van der Waals surface area contributed by atoms with Crippen molar-refractivity contribution in [2.24, 2.45) is 4.99 Å². The maximum absolute atomic E-state index is 4.48. The third-order valence-electron chi connectivity index (χ3n) is 2.25. The highest BCUT2D eigenvalue weighted by atomic mass is 15.3. The molecule has 0 unspecified atom stereocenters. The molecule has 1 heterocycles. The minimum atomic E-state index is 0.324. The molecule has 1 rings (SSSR count). The Hall–Kier alpha value is -1.85. The van der Waals surface area contributed by atoms with Crippen LogP contribution in [0.2, 0.25) is 0 Å². The Morgan fingerprint density at radius 1 is 1.61 bits per heavy atom. The quantitative estimate of drug-likeness (QED) is 0.448. The van der Waals surface area contributed by atoms with E-state index < -0.39 is 0 Å². The van der Waals surface area contributed by atoms with Crippen LogP contribution < -0.4 is 10.6 Å². The van der Waals surface area contributed by atoms with E-state index in [-0.39, 0.29) is 0 Å². The summed E-state index contributed by atoms with van der Waals surface area (Å²) in [5.74, 6) is 1.62. The molecular formula is C12H22N6. The smallest absolute Gasteiger partial charge is 0.192 e. The minimum Gasteiger partial charge on any atom is -0.354 e. The molecule has 0 saturated heterocycles. The molecule has 2 N–H and O–H groups in total. The lowest BCUT2D eigenvalue weighted by Gasteiger charge is -2.14. The van der Waals surface area contributed by atoms with Gasteiger partial charge < -0.3 is 15.2 Å². The van der Waals surface area contributed by atoms with Gasteiger partial charge in [0, 0.05) is 19.1 Å². The Labute approximate surface area is 108 Å². The van der Waals surface area contributed by atoms with Gasteiger partial charge in [-0.3, -0.25) is 0 Å². The van der Waals surface area contributed by atoms with E-state index in [4.69, 9.17) is 0 Å². The lowest BCUT2D eigenvalue weighted by molar-refractivity contribution is 0.681. The van der Waals surface area contributed by atoms with Crippen molar-refractivity contribution in [3.8, 4) is 0 Å². The molecule has 18 heavy (non-hydrogen) atoms. The highest BCUT2D eigenvalue weighted by Gasteiger charge is 2.03. The molecule has 0 spiro atoms. The number of aryl methyl sites for hydroxylation is 1. The Bertz CT molecular complexity index is 393. The van der Waals surface area contributed by atoms with E-state index in [2.05, 4.69) is 53.2 Å². The van der Waals surface area contributed by atoms with Gasteiger partial charge in [0.05, 0.1) is 0 Å². The highest BCUT2D eigenvalue weighted by Crippen LogP contribution is 1.97. The van der Waals surface area contributed by atoms with Crippen molar-refractivity contribution < 1.29 is 0 Å². The van der Waals surface area contributed by atoms with E-state index in [1.807, 2.05) is 4.57 Å². The molecule has 1 aromatic heterocycles. The van der Waals surface area contributed by atoms with Crippen molar-refractivity contribution >= 4 is 5.96 Å². The van der Waals surface area contributed by atoms with Gasteiger partial charge in [-0.05, 0) is 20.8 Å². The third kappa shape index (κ3) is 4.57. The van der Waals surface area contributed by atoms with Gasteiger partial charge in [0.1, 0.15) is 12.9 Å². The normalized spacial score (nSPS) is 11.7. The van der Waals surface area contributed by atoms with Crippen molar-refractivity contribution in [1.29, 1.82) is 0 Å². The van der Waals surface area contributed by atoms with E-state index in [1.165, 1.54) is 0 Å². The second-order valence-corrected chi connectivity index (χ2v) is 4.17. The Morgan fingerprint density at radius 2 is 2.39 bits per heavy atom. The number of guanidine groups is 1. The SMILES string of the molecule is C=CCNC(=NCc1nncn1CC)NC(C)C. The lowest BCUT2D eigenvalue weighted by atomic mass is 10.4. The fourth-order valence-electron chi connectivity index (χ4n) is 1.41. The first-order valence-corrected chi connectivity index (χ1v) is 6.19. The molecule has 0 aliphatic heterocycles. The largest absolute Gasteiger partial charge is 0.354 e. The van der Waals surface area contributed by atoms with Crippen LogP contribution in [0.5, 0.6) is 0 Å². The van der Waals surface area contributed by atoms with Crippen LogP contribution in [0, 0.1) is 0 Å². The summed E-state index contributed by atoms with van der Waals surface area (Å²) < 4.78 is 1.98. The summed E-state index contributed by atoms with van der Waals surface area (Å²) in [6.45, 7) is 11.9. The molecule has 0 amide bonds. The fourth-order valence-corrected chi connectivity index (χ4v) is 1.41. The second-order valence-electron chi connectivity index (χ2n) is 4.17. The van der Waals surface area contributed by atoms with Crippen molar-refractivity contribution in [3.05, 3.63) is 24.8 Å². The zero-order valence-electron chi connectivity index (χ0n) is 11.3. The molecule has 0 aliphatic rings. The van der Waals surface area contributed by atoms with Gasteiger partial charge in [0.15, 0.2) is 11.8 Å². The first-order chi connectivity index (χ1) is 8.67. The van der Waals surface area contributed by atoms with Crippen molar-refractivity contribution in [2.45, 2.75) is 39.9 Å². The summed E-state index contributed by atoms with van der Waals surface area (Å²) in [5.41, 5.74) is 0. The van der Waals surface area contributed by atoms with Crippen LogP contribution in [0.4, 0.5) is 0 Å². The summed E-state index contributed by atoms with van der Waals surface area (Å²) in [5, 5.41) is 14.3. The molecule has 0 aromatic carbocycles. The second kappa shape index (κ2) is 7.47. The Morgan fingerprint density at radius 3 is 3.00 bits per heavy atom. The van der Waals surface area contributed by atoms with Gasteiger partial charge in [0.25, 0.3) is 0 Å². The summed E-state index contributed by atoms with van der Waals surface area (Å²) in [6, 6.07) is 0.324. The average Bonchev–Trinajstić information content (AvgIpc) is 2.79. The Balaban J connectivity index is 2.66. The molecular weight excluding hydrogens is 228 g/mol. The zero-order valence-corrected chi connectivity index (χ0v) is 11.3. The molecule has 6 heteroatoms. The van der Waals surface area contributed by atoms with Gasteiger partial charge in [-0.15, -0.1) is 16.8 Å². The number of aromatic nitrogens is 3. The van der Waals surface area contributed by atoms with Gasteiger partial charge in [-0.25, -0.2) is 4.99 Å². The van der Waals surface area contributed by atoms with E-state index >= 15 is 0 Å². The monoisotopic (exact) mass is 250 g/mol. The topological polar surface area (TPSA) is 67.1 Å². The fraction of sp³-hybridized carbons (Fsp3) is 0.583. The van der Waals surface area contributed by atoms with Crippen LogP contribution in [-0.2, 0) is 13.1 Å². The predicted molar refractivity (Wildman–Crippen MR) is 73.3 cm³/mol. The molecule has 1 aromatic rings. The molecule has 0 saturated carbocycles. The van der Waals surface area contributed by atoms with Gasteiger partial charge >= 0.3 is 0 Å². The minimum absolute atomic E-state index is 0.324. The number of aliphatic imine (C=N–C) groups is 1. The lowest BCUT2D eigenvalue weighted by Crippen LogP contribution is -2.41. The molecule has 0 atom stereocenters. The molecule has 0 aliphatic carbocycles. The predicted octanol–water partition coefficient (Wildman–Crippen LogP) is 0.928. The summed E-state index contributed by atoms with van der Waals surface area (Å²) in [4.78, 5) is 4.48. The number of nitrogens with zero attached hydrogens (tertiary/aromatic N) is 4. The number of nitrogens with one attached hydrogen (secondary N) is 2. The summed E-state index contributed by atoms with van der Waals surface area (Å²) in [6.07, 6.45) is 3.52. The van der Waals surface area contributed by atoms with E-state index in [9.17, 15) is 0 Å². The Kier molecular flexibility index (Phi) is 5.90. The molecule has 100 valence electrons. The summed E-state index contributed by atoms with van der Waals surface area (Å²) >= 11 is 0. The van der Waals surface area contributed by atoms with Gasteiger partial charge in [-0.1, -0.05) is 6.08 Å². The van der Waals surface area contributed by atoms with Crippen molar-refractivity contribution in [2.75, 3.05) is 6.54 Å². The van der Waals surface area contributed by atoms with Crippen LogP contribution in [0.1, 0.15) is 26.6 Å². The molecule has 6 nitrogen and oxygen atoms in total. The van der Waals surface area contributed by atoms with E-state index in [0.717, 1.165) is 18.3 Å². The zero-order chi connectivity index (χ0) is 13.4. The summed E-state index contributed by atoms with van der Waals surface area (Å²) in [7, 11) is 0. The van der Waals surface area contributed by atoms with E-state index in [1.54, 1.807) is 12.4 Å². The van der Waals surface area contributed by atoms with Crippen molar-refractivity contribution in [1.82, 2.24) is 25.4 Å². The van der Waals surface area contributed by atoms with Crippen LogP contribution >= 0.6 is 0 Å². The number of hydrogen-bond acceptors (Lipinski definition) is 3. The average molecular weight is 250 g/mol. The molecule has 0 fully saturated rings. The van der Waals surface area contributed by atoms with Crippen LogP contribution in [0.3, 0.4) is 0 Å². The number of rotatable bonds is 6. The van der Waals surface area contributed by atoms with Crippen LogP contribution in [0.15, 0.2) is 24.0 Å². The van der Waals surface area contributed by atoms with E-state index in [0.29, 0.717) is 19.1 Å².